The van der Waals surface area contributed by atoms with E-state index in [9.17, 15) is 4.79 Å². The van der Waals surface area contributed by atoms with Crippen molar-refractivity contribution in [1.82, 2.24) is 4.90 Å². The lowest BCUT2D eigenvalue weighted by atomic mass is 10.1. The highest BCUT2D eigenvalue weighted by Crippen LogP contribution is 2.21. The summed E-state index contributed by atoms with van der Waals surface area (Å²) in [6.07, 6.45) is 0. The van der Waals surface area contributed by atoms with E-state index in [1.807, 2.05) is 35.2 Å². The number of anilines is 2. The molecule has 0 aliphatic carbocycles. The summed E-state index contributed by atoms with van der Waals surface area (Å²) >= 11 is 0. The number of aryl methyl sites for hydroxylation is 1. The predicted octanol–water partition coefficient (Wildman–Crippen LogP) is 3.74. The molecular formula is C19H23N3O. The molecule has 1 saturated heterocycles. The van der Waals surface area contributed by atoms with E-state index in [0.29, 0.717) is 6.04 Å². The number of nitrogens with zero attached hydrogens (tertiary/aromatic N) is 2. The third-order valence-corrected chi connectivity index (χ3v) is 4.31. The van der Waals surface area contributed by atoms with Gasteiger partial charge in [0.05, 0.1) is 0 Å². The van der Waals surface area contributed by atoms with Crippen LogP contribution in [0.3, 0.4) is 0 Å². The van der Waals surface area contributed by atoms with Crippen molar-refractivity contribution in [3.63, 3.8) is 0 Å². The molecule has 3 rings (SSSR count). The van der Waals surface area contributed by atoms with Gasteiger partial charge in [-0.05, 0) is 38.1 Å². The number of para-hydroxylation sites is 1. The Kier molecular flexibility index (Phi) is 4.51. The maximum atomic E-state index is 12.4. The van der Waals surface area contributed by atoms with Gasteiger partial charge in [0.25, 0.3) is 0 Å². The van der Waals surface area contributed by atoms with Gasteiger partial charge in [0.2, 0.25) is 0 Å². The first-order valence-electron chi connectivity index (χ1n) is 8.08. The minimum Gasteiger partial charge on any atom is -0.365 e. The monoisotopic (exact) mass is 309 g/mol. The van der Waals surface area contributed by atoms with Crippen molar-refractivity contribution in [3.8, 4) is 0 Å². The summed E-state index contributed by atoms with van der Waals surface area (Å²) < 4.78 is 0. The van der Waals surface area contributed by atoms with Gasteiger partial charge in [-0.2, -0.15) is 0 Å². The molecule has 1 N–H and O–H groups in total. The van der Waals surface area contributed by atoms with E-state index in [4.69, 9.17) is 0 Å². The summed E-state index contributed by atoms with van der Waals surface area (Å²) in [5.74, 6) is 0. The van der Waals surface area contributed by atoms with Crippen LogP contribution in [0.4, 0.5) is 16.2 Å². The van der Waals surface area contributed by atoms with Crippen molar-refractivity contribution in [2.45, 2.75) is 19.9 Å². The van der Waals surface area contributed by atoms with Crippen molar-refractivity contribution in [2.75, 3.05) is 29.9 Å². The largest absolute Gasteiger partial charge is 0.365 e. The van der Waals surface area contributed by atoms with Gasteiger partial charge in [0.15, 0.2) is 0 Å². The first-order valence-corrected chi connectivity index (χ1v) is 8.08. The number of benzene rings is 2. The topological polar surface area (TPSA) is 35.6 Å². The van der Waals surface area contributed by atoms with Gasteiger partial charge in [-0.25, -0.2) is 4.79 Å². The Balaban J connectivity index is 1.61. The lowest BCUT2D eigenvalue weighted by Gasteiger charge is -2.41. The Labute approximate surface area is 137 Å². The molecule has 2 amide bonds. The van der Waals surface area contributed by atoms with E-state index in [1.165, 1.54) is 11.3 Å². The first-order chi connectivity index (χ1) is 11.1. The molecule has 1 heterocycles. The first kappa shape index (κ1) is 15.4. The number of urea groups is 1. The number of carbonyl (C=O) groups is 1. The molecule has 120 valence electrons. The minimum atomic E-state index is -0.0217. The lowest BCUT2D eigenvalue weighted by Crippen LogP contribution is -2.54. The van der Waals surface area contributed by atoms with Crippen LogP contribution in [-0.4, -0.2) is 36.6 Å². The highest BCUT2D eigenvalue weighted by atomic mass is 16.2. The zero-order valence-electron chi connectivity index (χ0n) is 13.7. The fraction of sp³-hybridized carbons (Fsp3) is 0.316. The Morgan fingerprint density at radius 3 is 2.39 bits per heavy atom. The van der Waals surface area contributed by atoms with E-state index in [0.717, 1.165) is 25.3 Å². The van der Waals surface area contributed by atoms with Crippen LogP contribution >= 0.6 is 0 Å². The quantitative estimate of drug-likeness (QED) is 0.917. The van der Waals surface area contributed by atoms with Gasteiger partial charge in [-0.3, -0.25) is 0 Å². The number of nitrogens with one attached hydrogen (secondary N) is 1. The molecule has 1 aliphatic rings. The zero-order valence-corrected chi connectivity index (χ0v) is 13.7. The fourth-order valence-electron chi connectivity index (χ4n) is 2.99. The third-order valence-electron chi connectivity index (χ3n) is 4.31. The average molecular weight is 309 g/mol. The van der Waals surface area contributed by atoms with Crippen LogP contribution in [0.15, 0.2) is 54.6 Å². The van der Waals surface area contributed by atoms with Gasteiger partial charge >= 0.3 is 6.03 Å². The maximum absolute atomic E-state index is 12.4. The molecule has 1 aliphatic heterocycles. The van der Waals surface area contributed by atoms with Gasteiger partial charge < -0.3 is 15.1 Å². The lowest BCUT2D eigenvalue weighted by molar-refractivity contribution is 0.200. The molecule has 0 saturated carbocycles. The number of carbonyl (C=O) groups excluding carboxylic acids is 1. The standard InChI is InChI=1S/C19H23N3O/c1-15-8-10-18(11-9-15)22-13-12-21(14-16(22)2)19(23)20-17-6-4-3-5-7-17/h3-11,16H,12-14H2,1-2H3,(H,20,23). The van der Waals surface area contributed by atoms with Gasteiger partial charge in [0, 0.05) is 37.1 Å². The average Bonchev–Trinajstić information content (AvgIpc) is 2.57. The third kappa shape index (κ3) is 3.65. The van der Waals surface area contributed by atoms with Crippen molar-refractivity contribution in [3.05, 3.63) is 60.2 Å². The summed E-state index contributed by atoms with van der Waals surface area (Å²) in [6, 6.07) is 18.5. The SMILES string of the molecule is Cc1ccc(N2CCN(C(=O)Nc3ccccc3)CC2C)cc1. The van der Waals surface area contributed by atoms with E-state index in [-0.39, 0.29) is 6.03 Å². The molecule has 1 fully saturated rings. The van der Waals surface area contributed by atoms with E-state index in [1.54, 1.807) is 0 Å². The Morgan fingerprint density at radius 2 is 1.74 bits per heavy atom. The summed E-state index contributed by atoms with van der Waals surface area (Å²) in [7, 11) is 0. The minimum absolute atomic E-state index is 0.0217. The molecule has 23 heavy (non-hydrogen) atoms. The van der Waals surface area contributed by atoms with Gasteiger partial charge in [-0.15, -0.1) is 0 Å². The van der Waals surface area contributed by atoms with Crippen LogP contribution in [0.5, 0.6) is 0 Å². The van der Waals surface area contributed by atoms with Gasteiger partial charge in [0.1, 0.15) is 0 Å². The number of piperazine rings is 1. The van der Waals surface area contributed by atoms with E-state index < -0.39 is 0 Å². The number of rotatable bonds is 2. The molecule has 0 radical (unpaired) electrons. The van der Waals surface area contributed by atoms with Crippen LogP contribution in [0.2, 0.25) is 0 Å². The Morgan fingerprint density at radius 1 is 1.04 bits per heavy atom. The van der Waals surface area contributed by atoms with Crippen LogP contribution in [0, 0.1) is 6.92 Å². The molecule has 4 nitrogen and oxygen atoms in total. The second kappa shape index (κ2) is 6.73. The molecule has 4 heteroatoms. The normalized spacial score (nSPS) is 17.9. The van der Waals surface area contributed by atoms with E-state index >= 15 is 0 Å². The second-order valence-corrected chi connectivity index (χ2v) is 6.12. The maximum Gasteiger partial charge on any atom is 0.321 e. The Hall–Kier alpha value is -2.49. The number of amides is 2. The van der Waals surface area contributed by atoms with Crippen molar-refractivity contribution < 1.29 is 4.79 Å². The highest BCUT2D eigenvalue weighted by Gasteiger charge is 2.26. The molecule has 1 atom stereocenters. The second-order valence-electron chi connectivity index (χ2n) is 6.12. The molecule has 0 spiro atoms. The van der Waals surface area contributed by atoms with Crippen molar-refractivity contribution in [2.24, 2.45) is 0 Å². The predicted molar refractivity (Wildman–Crippen MR) is 95.0 cm³/mol. The van der Waals surface area contributed by atoms with Crippen LogP contribution in [0.25, 0.3) is 0 Å². The number of hydrogen-bond acceptors (Lipinski definition) is 2. The smallest absolute Gasteiger partial charge is 0.321 e. The summed E-state index contributed by atoms with van der Waals surface area (Å²) in [5, 5.41) is 2.96. The Bertz CT molecular complexity index is 654. The molecule has 1 unspecified atom stereocenters. The molecule has 2 aromatic rings. The highest BCUT2D eigenvalue weighted by molar-refractivity contribution is 5.89. The summed E-state index contributed by atoms with van der Waals surface area (Å²) in [4.78, 5) is 16.7. The van der Waals surface area contributed by atoms with Crippen LogP contribution in [-0.2, 0) is 0 Å². The van der Waals surface area contributed by atoms with Crippen LogP contribution < -0.4 is 10.2 Å². The number of hydrogen-bond donors (Lipinski definition) is 1. The van der Waals surface area contributed by atoms with Crippen molar-refractivity contribution >= 4 is 17.4 Å². The van der Waals surface area contributed by atoms with Crippen LogP contribution in [0.1, 0.15) is 12.5 Å². The summed E-state index contributed by atoms with van der Waals surface area (Å²) in [6.45, 7) is 6.58. The molecule has 2 aromatic carbocycles. The zero-order chi connectivity index (χ0) is 16.2. The summed E-state index contributed by atoms with van der Waals surface area (Å²) in [5.41, 5.74) is 3.33. The molecular weight excluding hydrogens is 286 g/mol. The molecule has 0 bridgehead atoms. The van der Waals surface area contributed by atoms with Crippen molar-refractivity contribution in [1.29, 1.82) is 0 Å². The fourth-order valence-corrected chi connectivity index (χ4v) is 2.99. The van der Waals surface area contributed by atoms with E-state index in [2.05, 4.69) is 48.3 Å². The van der Waals surface area contributed by atoms with Gasteiger partial charge in [-0.1, -0.05) is 35.9 Å². The molecule has 0 aromatic heterocycles.